The second kappa shape index (κ2) is 4.29. The van der Waals surface area contributed by atoms with Gasteiger partial charge in [0.25, 0.3) is 0 Å². The zero-order valence-corrected chi connectivity index (χ0v) is 9.40. The lowest BCUT2D eigenvalue weighted by atomic mass is 10.3. The highest BCUT2D eigenvalue weighted by molar-refractivity contribution is 6.39. The number of nitrogens with one attached hydrogen (secondary N) is 2. The molecule has 1 aromatic rings. The van der Waals surface area contributed by atoms with Crippen LogP contribution in [-0.4, -0.2) is 12.1 Å². The van der Waals surface area contributed by atoms with E-state index < -0.39 is 0 Å². The molecule has 0 aliphatic heterocycles. The van der Waals surface area contributed by atoms with E-state index in [1.165, 1.54) is 0 Å². The maximum atomic E-state index is 11.4. The van der Waals surface area contributed by atoms with E-state index in [0.717, 1.165) is 12.8 Å². The molecule has 15 heavy (non-hydrogen) atoms. The highest BCUT2D eigenvalue weighted by atomic mass is 35.5. The molecule has 1 aliphatic rings. The SMILES string of the molecule is O=C(Nc1c(Cl)cccc1Cl)NC1CC1. The molecule has 5 heteroatoms. The molecule has 2 rings (SSSR count). The molecule has 0 bridgehead atoms. The first-order chi connectivity index (χ1) is 7.16. The summed E-state index contributed by atoms with van der Waals surface area (Å²) >= 11 is 11.8. The number of halogens is 2. The number of para-hydroxylation sites is 1. The van der Waals surface area contributed by atoms with Crippen molar-refractivity contribution in [2.75, 3.05) is 5.32 Å². The first-order valence-corrected chi connectivity index (χ1v) is 5.44. The van der Waals surface area contributed by atoms with E-state index >= 15 is 0 Å². The largest absolute Gasteiger partial charge is 0.335 e. The third-order valence-electron chi connectivity index (χ3n) is 2.11. The summed E-state index contributed by atoms with van der Waals surface area (Å²) in [6, 6.07) is 5.15. The topological polar surface area (TPSA) is 41.1 Å². The lowest BCUT2D eigenvalue weighted by Gasteiger charge is -2.09. The minimum absolute atomic E-state index is 0.257. The Kier molecular flexibility index (Phi) is 3.03. The minimum Gasteiger partial charge on any atom is -0.335 e. The summed E-state index contributed by atoms with van der Waals surface area (Å²) in [6.07, 6.45) is 2.09. The Morgan fingerprint density at radius 3 is 2.40 bits per heavy atom. The number of rotatable bonds is 2. The van der Waals surface area contributed by atoms with Gasteiger partial charge < -0.3 is 10.6 Å². The van der Waals surface area contributed by atoms with E-state index in [2.05, 4.69) is 10.6 Å². The Morgan fingerprint density at radius 1 is 1.27 bits per heavy atom. The van der Waals surface area contributed by atoms with Gasteiger partial charge in [-0.2, -0.15) is 0 Å². The summed E-state index contributed by atoms with van der Waals surface area (Å²) in [5.41, 5.74) is 0.457. The van der Waals surface area contributed by atoms with Crippen LogP contribution in [-0.2, 0) is 0 Å². The number of urea groups is 1. The molecule has 1 saturated carbocycles. The zero-order chi connectivity index (χ0) is 10.8. The number of hydrogen-bond donors (Lipinski definition) is 2. The van der Waals surface area contributed by atoms with Crippen molar-refractivity contribution in [2.45, 2.75) is 18.9 Å². The molecule has 1 fully saturated rings. The van der Waals surface area contributed by atoms with Gasteiger partial charge in [-0.3, -0.25) is 0 Å². The first-order valence-electron chi connectivity index (χ1n) is 4.68. The minimum atomic E-state index is -0.257. The average molecular weight is 245 g/mol. The fourth-order valence-electron chi connectivity index (χ4n) is 1.18. The van der Waals surface area contributed by atoms with Gasteiger partial charge in [0.1, 0.15) is 0 Å². The third kappa shape index (κ3) is 2.76. The Labute approximate surface area is 97.8 Å². The van der Waals surface area contributed by atoms with Gasteiger partial charge in [0.05, 0.1) is 15.7 Å². The quantitative estimate of drug-likeness (QED) is 0.824. The maximum Gasteiger partial charge on any atom is 0.319 e. The first kappa shape index (κ1) is 10.6. The maximum absolute atomic E-state index is 11.4. The van der Waals surface area contributed by atoms with Crippen molar-refractivity contribution in [3.8, 4) is 0 Å². The van der Waals surface area contributed by atoms with Crippen molar-refractivity contribution in [3.05, 3.63) is 28.2 Å². The Bertz CT molecular complexity index is 371. The van der Waals surface area contributed by atoms with Gasteiger partial charge in [-0.15, -0.1) is 0 Å². The van der Waals surface area contributed by atoms with E-state index in [9.17, 15) is 4.79 Å². The molecule has 0 saturated heterocycles. The smallest absolute Gasteiger partial charge is 0.319 e. The van der Waals surface area contributed by atoms with Crippen LogP contribution >= 0.6 is 23.2 Å². The molecule has 0 radical (unpaired) electrons. The van der Waals surface area contributed by atoms with Crippen LogP contribution in [0.4, 0.5) is 10.5 Å². The van der Waals surface area contributed by atoms with Gasteiger partial charge in [-0.1, -0.05) is 29.3 Å². The summed E-state index contributed by atoms with van der Waals surface area (Å²) < 4.78 is 0. The van der Waals surface area contributed by atoms with E-state index in [0.29, 0.717) is 21.8 Å². The van der Waals surface area contributed by atoms with E-state index in [1.807, 2.05) is 0 Å². The molecule has 2 amide bonds. The van der Waals surface area contributed by atoms with Crippen molar-refractivity contribution in [1.82, 2.24) is 5.32 Å². The second-order valence-electron chi connectivity index (χ2n) is 3.47. The van der Waals surface area contributed by atoms with E-state index in [-0.39, 0.29) is 6.03 Å². The third-order valence-corrected chi connectivity index (χ3v) is 2.74. The van der Waals surface area contributed by atoms with Gasteiger partial charge in [0, 0.05) is 6.04 Å². The number of hydrogen-bond acceptors (Lipinski definition) is 1. The van der Waals surface area contributed by atoms with Crippen LogP contribution < -0.4 is 10.6 Å². The Balaban J connectivity index is 2.05. The molecule has 0 unspecified atom stereocenters. The van der Waals surface area contributed by atoms with Gasteiger partial charge in [0.2, 0.25) is 0 Å². The molecule has 80 valence electrons. The van der Waals surface area contributed by atoms with Crippen molar-refractivity contribution >= 4 is 34.9 Å². The zero-order valence-electron chi connectivity index (χ0n) is 7.89. The Hall–Kier alpha value is -0.930. The normalized spacial score (nSPS) is 14.8. The van der Waals surface area contributed by atoms with E-state index in [4.69, 9.17) is 23.2 Å². The average Bonchev–Trinajstić information content (AvgIpc) is 2.95. The van der Waals surface area contributed by atoms with Crippen LogP contribution in [0.1, 0.15) is 12.8 Å². The van der Waals surface area contributed by atoms with Crippen LogP contribution in [0.3, 0.4) is 0 Å². The number of benzene rings is 1. The van der Waals surface area contributed by atoms with Gasteiger partial charge >= 0.3 is 6.03 Å². The molecule has 1 aromatic carbocycles. The predicted molar refractivity (Wildman–Crippen MR) is 61.6 cm³/mol. The molecule has 2 N–H and O–H groups in total. The van der Waals surface area contributed by atoms with Crippen LogP contribution in [0, 0.1) is 0 Å². The summed E-state index contributed by atoms with van der Waals surface area (Å²) in [5, 5.41) is 6.30. The summed E-state index contributed by atoms with van der Waals surface area (Å²) in [7, 11) is 0. The molecular formula is C10H10Cl2N2O. The van der Waals surface area contributed by atoms with Crippen LogP contribution in [0.5, 0.6) is 0 Å². The highest BCUT2D eigenvalue weighted by Crippen LogP contribution is 2.29. The number of amides is 2. The molecule has 1 aliphatic carbocycles. The lowest BCUT2D eigenvalue weighted by Crippen LogP contribution is -2.30. The fourth-order valence-corrected chi connectivity index (χ4v) is 1.67. The van der Waals surface area contributed by atoms with Crippen molar-refractivity contribution < 1.29 is 4.79 Å². The second-order valence-corrected chi connectivity index (χ2v) is 4.28. The number of carbonyl (C=O) groups is 1. The monoisotopic (exact) mass is 244 g/mol. The van der Waals surface area contributed by atoms with Gasteiger partial charge in [0.15, 0.2) is 0 Å². The Morgan fingerprint density at radius 2 is 1.87 bits per heavy atom. The molecule has 0 atom stereocenters. The number of anilines is 1. The van der Waals surface area contributed by atoms with Crippen molar-refractivity contribution in [3.63, 3.8) is 0 Å². The van der Waals surface area contributed by atoms with E-state index in [1.54, 1.807) is 18.2 Å². The van der Waals surface area contributed by atoms with Gasteiger partial charge in [-0.05, 0) is 25.0 Å². The standard InChI is InChI=1S/C10H10Cl2N2O/c11-7-2-1-3-8(12)9(7)14-10(15)13-6-4-5-6/h1-3,6H,4-5H2,(H2,13,14,15). The van der Waals surface area contributed by atoms with Gasteiger partial charge in [-0.25, -0.2) is 4.79 Å². The molecular weight excluding hydrogens is 235 g/mol. The predicted octanol–water partition coefficient (Wildman–Crippen LogP) is 3.28. The number of carbonyl (C=O) groups excluding carboxylic acids is 1. The molecule has 3 nitrogen and oxygen atoms in total. The fraction of sp³-hybridized carbons (Fsp3) is 0.300. The highest BCUT2D eigenvalue weighted by Gasteiger charge is 2.23. The molecule has 0 heterocycles. The van der Waals surface area contributed by atoms with Crippen LogP contribution in [0.2, 0.25) is 10.0 Å². The van der Waals surface area contributed by atoms with Crippen LogP contribution in [0.15, 0.2) is 18.2 Å². The summed E-state index contributed by atoms with van der Waals surface area (Å²) in [5.74, 6) is 0. The summed E-state index contributed by atoms with van der Waals surface area (Å²) in [6.45, 7) is 0. The molecule has 0 aromatic heterocycles. The van der Waals surface area contributed by atoms with Crippen molar-refractivity contribution in [2.24, 2.45) is 0 Å². The lowest BCUT2D eigenvalue weighted by molar-refractivity contribution is 0.251. The summed E-state index contributed by atoms with van der Waals surface area (Å²) in [4.78, 5) is 11.4. The van der Waals surface area contributed by atoms with Crippen LogP contribution in [0.25, 0.3) is 0 Å². The van der Waals surface area contributed by atoms with Crippen molar-refractivity contribution in [1.29, 1.82) is 0 Å². The molecule has 0 spiro atoms.